The van der Waals surface area contributed by atoms with Crippen molar-refractivity contribution in [2.45, 2.75) is 20.0 Å². The van der Waals surface area contributed by atoms with Gasteiger partial charge in [-0.15, -0.1) is 0 Å². The highest BCUT2D eigenvalue weighted by atomic mass is 16.4. The summed E-state index contributed by atoms with van der Waals surface area (Å²) in [4.78, 5) is 11.4. The van der Waals surface area contributed by atoms with Crippen LogP contribution in [0.4, 0.5) is 0 Å². The molecule has 1 unspecified atom stereocenters. The number of hydrogen-bond donors (Lipinski definition) is 2. The van der Waals surface area contributed by atoms with Crippen molar-refractivity contribution in [3.63, 3.8) is 0 Å². The van der Waals surface area contributed by atoms with E-state index >= 15 is 0 Å². The topological polar surface area (TPSA) is 57.5 Å². The monoisotopic (exact) mass is 256 g/mol. The van der Waals surface area contributed by atoms with Gasteiger partial charge in [-0.2, -0.15) is 0 Å². The highest BCUT2D eigenvalue weighted by molar-refractivity contribution is 5.92. The molecular formula is C16H16O3. The summed E-state index contributed by atoms with van der Waals surface area (Å²) in [7, 11) is 0. The first kappa shape index (κ1) is 13.3. The molecule has 2 aromatic carbocycles. The first-order chi connectivity index (χ1) is 9.02. The summed E-state index contributed by atoms with van der Waals surface area (Å²) in [5, 5.41) is 19.8. The second kappa shape index (κ2) is 5.24. The molecule has 98 valence electrons. The van der Waals surface area contributed by atoms with Crippen molar-refractivity contribution in [3.05, 3.63) is 70.3 Å². The number of aryl methyl sites for hydroxylation is 2. The summed E-state index contributed by atoms with van der Waals surface area (Å²) < 4.78 is 0. The molecule has 0 amide bonds. The molecule has 3 heteroatoms. The summed E-state index contributed by atoms with van der Waals surface area (Å²) in [6.45, 7) is 3.55. The van der Waals surface area contributed by atoms with E-state index in [2.05, 4.69) is 0 Å². The normalized spacial score (nSPS) is 12.2. The van der Waals surface area contributed by atoms with Crippen LogP contribution in [0.3, 0.4) is 0 Å². The van der Waals surface area contributed by atoms with Crippen LogP contribution in [0, 0.1) is 13.8 Å². The van der Waals surface area contributed by atoms with E-state index in [1.54, 1.807) is 25.1 Å². The Bertz CT molecular complexity index is 603. The Kier molecular flexibility index (Phi) is 3.67. The van der Waals surface area contributed by atoms with Gasteiger partial charge >= 0.3 is 5.97 Å². The van der Waals surface area contributed by atoms with Gasteiger partial charge in [-0.05, 0) is 30.5 Å². The number of aliphatic hydroxyl groups excluding tert-OH is 1. The molecule has 0 aromatic heterocycles. The van der Waals surface area contributed by atoms with Crippen LogP contribution in [0.1, 0.15) is 38.7 Å². The van der Waals surface area contributed by atoms with Crippen LogP contribution < -0.4 is 0 Å². The summed E-state index contributed by atoms with van der Waals surface area (Å²) in [5.41, 5.74) is 2.79. The Morgan fingerprint density at radius 3 is 2.16 bits per heavy atom. The van der Waals surface area contributed by atoms with E-state index in [0.717, 1.165) is 5.56 Å². The zero-order valence-corrected chi connectivity index (χ0v) is 10.9. The average Bonchev–Trinajstić information content (AvgIpc) is 2.41. The van der Waals surface area contributed by atoms with E-state index < -0.39 is 12.1 Å². The zero-order chi connectivity index (χ0) is 14.0. The number of aromatic carboxylic acids is 1. The molecule has 2 aromatic rings. The van der Waals surface area contributed by atoms with Gasteiger partial charge in [0, 0.05) is 5.56 Å². The fourth-order valence-corrected chi connectivity index (χ4v) is 2.27. The lowest BCUT2D eigenvalue weighted by Crippen LogP contribution is -2.12. The van der Waals surface area contributed by atoms with Crippen molar-refractivity contribution in [2.24, 2.45) is 0 Å². The van der Waals surface area contributed by atoms with Gasteiger partial charge < -0.3 is 10.2 Å². The Balaban J connectivity index is 2.62. The highest BCUT2D eigenvalue weighted by Gasteiger charge is 2.22. The minimum Gasteiger partial charge on any atom is -0.478 e. The molecule has 0 heterocycles. The summed E-state index contributed by atoms with van der Waals surface area (Å²) in [5.74, 6) is -1.01. The zero-order valence-electron chi connectivity index (χ0n) is 10.9. The van der Waals surface area contributed by atoms with Gasteiger partial charge in [-0.25, -0.2) is 4.79 Å². The molecule has 0 saturated carbocycles. The molecule has 0 saturated heterocycles. The Morgan fingerprint density at radius 2 is 1.58 bits per heavy atom. The summed E-state index contributed by atoms with van der Waals surface area (Å²) in [6.07, 6.45) is -0.924. The molecule has 0 aliphatic carbocycles. The number of hydrogen-bond acceptors (Lipinski definition) is 2. The number of rotatable bonds is 3. The van der Waals surface area contributed by atoms with E-state index in [0.29, 0.717) is 16.7 Å². The Morgan fingerprint density at radius 1 is 1.00 bits per heavy atom. The second-order valence-electron chi connectivity index (χ2n) is 4.61. The lowest BCUT2D eigenvalue weighted by Gasteiger charge is -2.18. The maximum absolute atomic E-state index is 11.4. The van der Waals surface area contributed by atoms with Crippen molar-refractivity contribution in [1.82, 2.24) is 0 Å². The van der Waals surface area contributed by atoms with E-state index in [9.17, 15) is 15.0 Å². The van der Waals surface area contributed by atoms with E-state index in [-0.39, 0.29) is 5.56 Å². The lowest BCUT2D eigenvalue weighted by atomic mass is 9.90. The van der Waals surface area contributed by atoms with Crippen molar-refractivity contribution < 1.29 is 15.0 Å². The highest BCUT2D eigenvalue weighted by Crippen LogP contribution is 2.29. The van der Waals surface area contributed by atoms with E-state index in [1.165, 1.54) is 0 Å². The van der Waals surface area contributed by atoms with E-state index in [4.69, 9.17) is 0 Å². The predicted molar refractivity (Wildman–Crippen MR) is 73.4 cm³/mol. The van der Waals surface area contributed by atoms with Gasteiger partial charge in [0.15, 0.2) is 0 Å². The predicted octanol–water partition coefficient (Wildman–Crippen LogP) is 3.08. The van der Waals surface area contributed by atoms with Crippen LogP contribution in [0.5, 0.6) is 0 Å². The molecule has 0 radical (unpaired) electrons. The molecule has 0 spiro atoms. The largest absolute Gasteiger partial charge is 0.478 e. The van der Waals surface area contributed by atoms with Gasteiger partial charge in [0.05, 0.1) is 5.56 Å². The average molecular weight is 256 g/mol. The van der Waals surface area contributed by atoms with Crippen LogP contribution >= 0.6 is 0 Å². The number of carboxylic acids is 1. The molecular weight excluding hydrogens is 240 g/mol. The number of aliphatic hydroxyl groups is 1. The van der Waals surface area contributed by atoms with Crippen molar-refractivity contribution in [3.8, 4) is 0 Å². The molecule has 2 rings (SSSR count). The quantitative estimate of drug-likeness (QED) is 0.887. The van der Waals surface area contributed by atoms with Gasteiger partial charge in [0.25, 0.3) is 0 Å². The summed E-state index contributed by atoms with van der Waals surface area (Å²) >= 11 is 0. The van der Waals surface area contributed by atoms with Crippen LogP contribution in [0.2, 0.25) is 0 Å². The van der Waals surface area contributed by atoms with Crippen molar-refractivity contribution in [1.29, 1.82) is 0 Å². The minimum atomic E-state index is -1.01. The van der Waals surface area contributed by atoms with Crippen LogP contribution in [0.25, 0.3) is 0 Å². The first-order valence-electron chi connectivity index (χ1n) is 6.08. The standard InChI is InChI=1S/C16H16O3/c1-10-8-9-11(2)14(16(18)19)13(10)15(17)12-6-4-3-5-7-12/h3-9,15,17H,1-2H3,(H,18,19). The van der Waals surface area contributed by atoms with Gasteiger partial charge in [-0.1, -0.05) is 42.5 Å². The van der Waals surface area contributed by atoms with Crippen LogP contribution in [0.15, 0.2) is 42.5 Å². The fourth-order valence-electron chi connectivity index (χ4n) is 2.27. The fraction of sp³-hybridized carbons (Fsp3) is 0.188. The maximum Gasteiger partial charge on any atom is 0.336 e. The van der Waals surface area contributed by atoms with Gasteiger partial charge in [0.2, 0.25) is 0 Å². The maximum atomic E-state index is 11.4. The summed E-state index contributed by atoms with van der Waals surface area (Å²) in [6, 6.07) is 12.7. The van der Waals surface area contributed by atoms with Crippen LogP contribution in [-0.4, -0.2) is 16.2 Å². The van der Waals surface area contributed by atoms with Gasteiger partial charge in [0.1, 0.15) is 6.10 Å². The molecule has 0 fully saturated rings. The molecule has 3 nitrogen and oxygen atoms in total. The third-order valence-electron chi connectivity index (χ3n) is 3.27. The molecule has 0 aliphatic rings. The van der Waals surface area contributed by atoms with Crippen molar-refractivity contribution in [2.75, 3.05) is 0 Å². The number of benzene rings is 2. The Hall–Kier alpha value is -2.13. The smallest absolute Gasteiger partial charge is 0.336 e. The molecule has 19 heavy (non-hydrogen) atoms. The third-order valence-corrected chi connectivity index (χ3v) is 3.27. The number of carbonyl (C=O) groups is 1. The first-order valence-corrected chi connectivity index (χ1v) is 6.08. The minimum absolute atomic E-state index is 0.191. The third kappa shape index (κ3) is 2.51. The van der Waals surface area contributed by atoms with Crippen molar-refractivity contribution >= 4 is 5.97 Å². The van der Waals surface area contributed by atoms with Crippen LogP contribution in [-0.2, 0) is 0 Å². The van der Waals surface area contributed by atoms with E-state index in [1.807, 2.05) is 31.2 Å². The lowest BCUT2D eigenvalue weighted by molar-refractivity contribution is 0.0690. The molecule has 1 atom stereocenters. The molecule has 0 aliphatic heterocycles. The molecule has 0 bridgehead atoms. The number of carboxylic acid groups (broad SMARTS) is 1. The SMILES string of the molecule is Cc1ccc(C)c(C(O)c2ccccc2)c1C(=O)O. The molecule has 2 N–H and O–H groups in total. The second-order valence-corrected chi connectivity index (χ2v) is 4.61. The van der Waals surface area contributed by atoms with Gasteiger partial charge in [-0.3, -0.25) is 0 Å². The Labute approximate surface area is 112 Å².